The van der Waals surface area contributed by atoms with Gasteiger partial charge in [0.2, 0.25) is 0 Å². The van der Waals surface area contributed by atoms with E-state index in [9.17, 15) is 9.59 Å². The Morgan fingerprint density at radius 3 is 2.91 bits per heavy atom. The van der Waals surface area contributed by atoms with Crippen molar-refractivity contribution < 1.29 is 14.3 Å². The monoisotopic (exact) mass is 305 g/mol. The molecule has 22 heavy (non-hydrogen) atoms. The van der Waals surface area contributed by atoms with Crippen LogP contribution >= 0.6 is 0 Å². The maximum atomic E-state index is 12.2. The molecule has 2 rings (SSSR count). The lowest BCUT2D eigenvalue weighted by Gasteiger charge is -2.21. The minimum Gasteiger partial charge on any atom is -0.376 e. The van der Waals surface area contributed by atoms with Gasteiger partial charge in [0.15, 0.2) is 0 Å². The van der Waals surface area contributed by atoms with Crippen LogP contribution in [0.3, 0.4) is 0 Å². The van der Waals surface area contributed by atoms with Crippen molar-refractivity contribution in [1.29, 1.82) is 0 Å². The predicted molar refractivity (Wildman–Crippen MR) is 85.1 cm³/mol. The average molecular weight is 305 g/mol. The Morgan fingerprint density at radius 1 is 1.41 bits per heavy atom. The minimum absolute atomic E-state index is 0.123. The van der Waals surface area contributed by atoms with Crippen LogP contribution in [0.25, 0.3) is 0 Å². The van der Waals surface area contributed by atoms with Gasteiger partial charge in [0.1, 0.15) is 0 Å². The summed E-state index contributed by atoms with van der Waals surface area (Å²) >= 11 is 0. The van der Waals surface area contributed by atoms with Crippen LogP contribution in [0.15, 0.2) is 24.3 Å². The van der Waals surface area contributed by atoms with E-state index in [0.717, 1.165) is 19.4 Å². The fraction of sp³-hybridized carbons (Fsp3) is 0.500. The van der Waals surface area contributed by atoms with Crippen molar-refractivity contribution in [3.8, 4) is 0 Å². The van der Waals surface area contributed by atoms with Gasteiger partial charge >= 0.3 is 6.03 Å². The Morgan fingerprint density at radius 2 is 2.23 bits per heavy atom. The summed E-state index contributed by atoms with van der Waals surface area (Å²) in [7, 11) is 1.74. The summed E-state index contributed by atoms with van der Waals surface area (Å²) < 4.78 is 5.53. The van der Waals surface area contributed by atoms with E-state index in [2.05, 4.69) is 10.6 Å². The lowest BCUT2D eigenvalue weighted by atomic mass is 10.2. The fourth-order valence-corrected chi connectivity index (χ4v) is 2.40. The second kappa shape index (κ2) is 7.79. The van der Waals surface area contributed by atoms with E-state index in [4.69, 9.17) is 4.74 Å². The number of hydrogen-bond acceptors (Lipinski definition) is 3. The number of hydrogen-bond donors (Lipinski definition) is 2. The summed E-state index contributed by atoms with van der Waals surface area (Å²) in [5, 5.41) is 5.54. The molecule has 0 bridgehead atoms. The highest BCUT2D eigenvalue weighted by molar-refractivity contribution is 5.96. The lowest BCUT2D eigenvalue weighted by molar-refractivity contribution is 0.0894. The summed E-state index contributed by atoms with van der Waals surface area (Å²) in [6, 6.07) is 6.70. The summed E-state index contributed by atoms with van der Waals surface area (Å²) in [6.45, 7) is 3.78. The molecule has 6 nitrogen and oxygen atoms in total. The van der Waals surface area contributed by atoms with Crippen LogP contribution in [0.2, 0.25) is 0 Å². The Bertz CT molecular complexity index is 527. The quantitative estimate of drug-likeness (QED) is 0.875. The fourth-order valence-electron chi connectivity index (χ4n) is 2.40. The number of carbonyl (C=O) groups excluding carboxylic acids is 2. The van der Waals surface area contributed by atoms with Gasteiger partial charge in [-0.1, -0.05) is 6.07 Å². The number of anilines is 1. The highest BCUT2D eigenvalue weighted by Gasteiger charge is 2.20. The molecule has 1 aromatic rings. The third-order valence-electron chi connectivity index (χ3n) is 3.56. The second-order valence-electron chi connectivity index (χ2n) is 5.39. The van der Waals surface area contributed by atoms with Crippen LogP contribution in [0.1, 0.15) is 30.1 Å². The van der Waals surface area contributed by atoms with Crippen molar-refractivity contribution in [2.75, 3.05) is 32.1 Å². The van der Waals surface area contributed by atoms with Gasteiger partial charge in [0, 0.05) is 38.0 Å². The first kappa shape index (κ1) is 16.3. The Hall–Kier alpha value is -2.08. The number of nitrogens with one attached hydrogen (secondary N) is 2. The van der Waals surface area contributed by atoms with Gasteiger partial charge in [0.05, 0.1) is 6.10 Å². The van der Waals surface area contributed by atoms with Crippen LogP contribution < -0.4 is 10.6 Å². The summed E-state index contributed by atoms with van der Waals surface area (Å²) in [4.78, 5) is 25.6. The van der Waals surface area contributed by atoms with Gasteiger partial charge in [-0.15, -0.1) is 0 Å². The molecule has 0 aliphatic carbocycles. The van der Waals surface area contributed by atoms with Crippen molar-refractivity contribution in [1.82, 2.24) is 10.2 Å². The number of likely N-dealkylation sites (N-methyl/N-ethyl adjacent to an activating group) is 1. The first-order chi connectivity index (χ1) is 10.6. The minimum atomic E-state index is -0.205. The number of ether oxygens (including phenoxy) is 1. The first-order valence-corrected chi connectivity index (χ1v) is 7.62. The third kappa shape index (κ3) is 4.46. The molecule has 1 saturated heterocycles. The molecule has 1 atom stereocenters. The molecule has 1 unspecified atom stereocenters. The molecule has 1 aliphatic rings. The first-order valence-electron chi connectivity index (χ1n) is 7.62. The van der Waals surface area contributed by atoms with Gasteiger partial charge in [0.25, 0.3) is 5.91 Å². The van der Waals surface area contributed by atoms with E-state index in [1.165, 1.54) is 0 Å². The number of carbonyl (C=O) groups is 2. The summed E-state index contributed by atoms with van der Waals surface area (Å²) in [6.07, 6.45) is 2.16. The zero-order valence-corrected chi connectivity index (χ0v) is 13.1. The smallest absolute Gasteiger partial charge is 0.321 e. The molecule has 1 aliphatic heterocycles. The lowest BCUT2D eigenvalue weighted by Crippen LogP contribution is -2.37. The normalized spacial score (nSPS) is 17.1. The van der Waals surface area contributed by atoms with Gasteiger partial charge in [-0.05, 0) is 38.0 Å². The van der Waals surface area contributed by atoms with E-state index in [1.54, 1.807) is 36.2 Å². The Labute approximate surface area is 130 Å². The second-order valence-corrected chi connectivity index (χ2v) is 5.39. The molecular formula is C16H23N3O3. The topological polar surface area (TPSA) is 70.7 Å². The number of nitrogens with zero attached hydrogens (tertiary/aromatic N) is 1. The molecule has 2 N–H and O–H groups in total. The molecule has 0 radical (unpaired) electrons. The number of amides is 3. The molecule has 3 amide bonds. The van der Waals surface area contributed by atoms with Crippen molar-refractivity contribution in [3.63, 3.8) is 0 Å². The zero-order valence-electron chi connectivity index (χ0n) is 13.1. The molecule has 1 fully saturated rings. The van der Waals surface area contributed by atoms with E-state index in [0.29, 0.717) is 24.3 Å². The molecule has 0 aromatic heterocycles. The van der Waals surface area contributed by atoms with E-state index in [1.807, 2.05) is 6.92 Å². The SMILES string of the molecule is CCNC(=O)c1cccc(NC(=O)N(C)CC2CCCO2)c1. The number of urea groups is 1. The Kier molecular flexibility index (Phi) is 5.77. The largest absolute Gasteiger partial charge is 0.376 e. The molecule has 1 heterocycles. The number of benzene rings is 1. The van der Waals surface area contributed by atoms with Gasteiger partial charge in [-0.3, -0.25) is 4.79 Å². The van der Waals surface area contributed by atoms with Crippen molar-refractivity contribution in [2.24, 2.45) is 0 Å². The zero-order chi connectivity index (χ0) is 15.9. The molecule has 1 aromatic carbocycles. The van der Waals surface area contributed by atoms with Crippen LogP contribution in [0.5, 0.6) is 0 Å². The van der Waals surface area contributed by atoms with Crippen LogP contribution in [0.4, 0.5) is 10.5 Å². The van der Waals surface area contributed by atoms with Gasteiger partial charge < -0.3 is 20.3 Å². The molecule has 0 spiro atoms. The standard InChI is InChI=1S/C16H23N3O3/c1-3-17-15(20)12-6-4-7-13(10-12)18-16(21)19(2)11-14-8-5-9-22-14/h4,6-7,10,14H,3,5,8-9,11H2,1-2H3,(H,17,20)(H,18,21). The summed E-state index contributed by atoms with van der Waals surface area (Å²) in [5.74, 6) is -0.147. The Balaban J connectivity index is 1.92. The maximum Gasteiger partial charge on any atom is 0.321 e. The van der Waals surface area contributed by atoms with Gasteiger partial charge in [-0.2, -0.15) is 0 Å². The van der Waals surface area contributed by atoms with E-state index < -0.39 is 0 Å². The average Bonchev–Trinajstić information content (AvgIpc) is 3.00. The highest BCUT2D eigenvalue weighted by Crippen LogP contribution is 2.14. The van der Waals surface area contributed by atoms with Crippen LogP contribution in [0, 0.1) is 0 Å². The molecule has 120 valence electrons. The molecule has 6 heteroatoms. The van der Waals surface area contributed by atoms with E-state index >= 15 is 0 Å². The van der Waals surface area contributed by atoms with E-state index in [-0.39, 0.29) is 18.0 Å². The third-order valence-corrected chi connectivity index (χ3v) is 3.56. The van der Waals surface area contributed by atoms with Crippen molar-refractivity contribution in [2.45, 2.75) is 25.9 Å². The van der Waals surface area contributed by atoms with Crippen LogP contribution in [-0.2, 0) is 4.74 Å². The summed E-state index contributed by atoms with van der Waals surface area (Å²) in [5.41, 5.74) is 1.13. The predicted octanol–water partition coefficient (Wildman–Crippen LogP) is 2.08. The van der Waals surface area contributed by atoms with Crippen LogP contribution in [-0.4, -0.2) is 49.7 Å². The molecule has 0 saturated carbocycles. The van der Waals surface area contributed by atoms with Gasteiger partial charge in [-0.25, -0.2) is 4.79 Å². The molecular weight excluding hydrogens is 282 g/mol. The number of rotatable bonds is 5. The maximum absolute atomic E-state index is 12.2. The highest BCUT2D eigenvalue weighted by atomic mass is 16.5. The van der Waals surface area contributed by atoms with Crippen molar-refractivity contribution >= 4 is 17.6 Å². The van der Waals surface area contributed by atoms with Crippen molar-refractivity contribution in [3.05, 3.63) is 29.8 Å².